The van der Waals surface area contributed by atoms with Crippen molar-refractivity contribution in [2.75, 3.05) is 19.0 Å². The third kappa shape index (κ3) is 4.41. The van der Waals surface area contributed by atoms with Crippen LogP contribution in [0.2, 0.25) is 0 Å². The number of fused-ring (bicyclic) bond motifs is 1. The number of nitrogens with one attached hydrogen (secondary N) is 3. The van der Waals surface area contributed by atoms with Crippen molar-refractivity contribution in [3.8, 4) is 0 Å². The molecule has 6 nitrogen and oxygen atoms in total. The van der Waals surface area contributed by atoms with Crippen molar-refractivity contribution in [2.45, 2.75) is 71.0 Å². The summed E-state index contributed by atoms with van der Waals surface area (Å²) in [6.07, 6.45) is 4.81. The van der Waals surface area contributed by atoms with Gasteiger partial charge < -0.3 is 4.74 Å². The molecule has 144 valence electrons. The summed E-state index contributed by atoms with van der Waals surface area (Å²) in [6, 6.07) is 0.552. The van der Waals surface area contributed by atoms with Gasteiger partial charge in [0, 0.05) is 30.4 Å². The minimum atomic E-state index is -0.211. The number of ether oxygens (including phenoxy) is 1. The molecule has 7 heteroatoms. The van der Waals surface area contributed by atoms with E-state index >= 15 is 0 Å². The van der Waals surface area contributed by atoms with Gasteiger partial charge in [0.05, 0.1) is 6.17 Å². The first-order valence-corrected chi connectivity index (χ1v) is 10.3. The first-order chi connectivity index (χ1) is 12.0. The van der Waals surface area contributed by atoms with Crippen molar-refractivity contribution in [1.82, 2.24) is 20.9 Å². The van der Waals surface area contributed by atoms with Crippen LogP contribution in [0.5, 0.6) is 0 Å². The Kier molecular flexibility index (Phi) is 6.47. The van der Waals surface area contributed by atoms with Crippen molar-refractivity contribution >= 4 is 17.7 Å². The number of amides is 1. The second-order valence-corrected chi connectivity index (χ2v) is 8.49. The van der Waals surface area contributed by atoms with Crippen LogP contribution >= 0.6 is 11.6 Å². The summed E-state index contributed by atoms with van der Waals surface area (Å²) in [4.78, 5) is 14.0. The third-order valence-corrected chi connectivity index (χ3v) is 6.54. The van der Waals surface area contributed by atoms with Gasteiger partial charge in [-0.2, -0.15) is 0 Å². The van der Waals surface area contributed by atoms with Crippen molar-refractivity contribution in [3.05, 3.63) is 0 Å². The van der Waals surface area contributed by atoms with E-state index in [1.165, 1.54) is 25.7 Å². The molecule has 2 saturated heterocycles. The highest BCUT2D eigenvalue weighted by Crippen LogP contribution is 2.31. The van der Waals surface area contributed by atoms with Gasteiger partial charge in [-0.1, -0.05) is 0 Å². The van der Waals surface area contributed by atoms with E-state index in [1.54, 1.807) is 0 Å². The van der Waals surface area contributed by atoms with Crippen LogP contribution in [0.15, 0.2) is 0 Å². The fourth-order valence-corrected chi connectivity index (χ4v) is 4.76. The summed E-state index contributed by atoms with van der Waals surface area (Å²) in [7, 11) is 0. The average Bonchev–Trinajstić information content (AvgIpc) is 2.61. The quantitative estimate of drug-likeness (QED) is 0.646. The molecule has 0 spiro atoms. The summed E-state index contributed by atoms with van der Waals surface area (Å²) in [6.45, 7) is 7.67. The summed E-state index contributed by atoms with van der Waals surface area (Å²) in [5.74, 6) is 2.47. The van der Waals surface area contributed by atoms with Crippen LogP contribution in [-0.2, 0) is 4.74 Å². The molecule has 2 heterocycles. The van der Waals surface area contributed by atoms with E-state index in [0.717, 1.165) is 12.4 Å². The smallest absolute Gasteiger partial charge is 0.411 e. The molecule has 3 aliphatic rings. The Bertz CT molecular complexity index is 456. The van der Waals surface area contributed by atoms with Crippen LogP contribution in [0.3, 0.4) is 0 Å². The van der Waals surface area contributed by atoms with Crippen molar-refractivity contribution in [3.63, 3.8) is 0 Å². The predicted octanol–water partition coefficient (Wildman–Crippen LogP) is 2.29. The highest BCUT2D eigenvalue weighted by Gasteiger charge is 2.42. The predicted molar refractivity (Wildman–Crippen MR) is 99.3 cm³/mol. The van der Waals surface area contributed by atoms with E-state index in [4.69, 9.17) is 16.3 Å². The summed E-state index contributed by atoms with van der Waals surface area (Å²) < 4.78 is 5.33. The fourth-order valence-electron chi connectivity index (χ4n) is 4.45. The molecule has 1 saturated carbocycles. The van der Waals surface area contributed by atoms with Crippen LogP contribution in [0.1, 0.15) is 46.5 Å². The molecule has 0 aromatic heterocycles. The van der Waals surface area contributed by atoms with Crippen LogP contribution in [0.25, 0.3) is 0 Å². The minimum Gasteiger partial charge on any atom is -0.449 e. The van der Waals surface area contributed by atoms with Crippen LogP contribution < -0.4 is 16.0 Å². The number of rotatable bonds is 5. The zero-order valence-corrected chi connectivity index (χ0v) is 16.4. The Hall–Kier alpha value is -0.560. The van der Waals surface area contributed by atoms with Gasteiger partial charge in [-0.25, -0.2) is 4.79 Å². The molecule has 3 rings (SSSR count). The van der Waals surface area contributed by atoms with Crippen molar-refractivity contribution in [1.29, 1.82) is 0 Å². The van der Waals surface area contributed by atoms with Crippen LogP contribution in [0, 0.1) is 17.8 Å². The molecule has 3 fully saturated rings. The van der Waals surface area contributed by atoms with Crippen LogP contribution in [-0.4, -0.2) is 54.6 Å². The van der Waals surface area contributed by atoms with Crippen molar-refractivity contribution in [2.24, 2.45) is 17.8 Å². The lowest BCUT2D eigenvalue weighted by atomic mass is 9.79. The Morgan fingerprint density at radius 3 is 2.64 bits per heavy atom. The molecular formula is C18H33ClN4O2. The number of carbonyl (C=O) groups is 1. The third-order valence-electron chi connectivity index (χ3n) is 6.10. The molecule has 25 heavy (non-hydrogen) atoms. The summed E-state index contributed by atoms with van der Waals surface area (Å²) >= 11 is 6.00. The molecule has 0 aromatic rings. The lowest BCUT2D eigenvalue weighted by molar-refractivity contribution is -0.0412. The zero-order chi connectivity index (χ0) is 18.0. The molecule has 4 atom stereocenters. The molecule has 2 aliphatic heterocycles. The van der Waals surface area contributed by atoms with E-state index in [-0.39, 0.29) is 30.5 Å². The van der Waals surface area contributed by atoms with E-state index in [2.05, 4.69) is 22.9 Å². The van der Waals surface area contributed by atoms with Gasteiger partial charge in [0.25, 0.3) is 0 Å². The number of alkyl halides is 1. The maximum Gasteiger partial charge on any atom is 0.411 e. The highest BCUT2D eigenvalue weighted by atomic mass is 35.5. The minimum absolute atomic E-state index is 0.0224. The van der Waals surface area contributed by atoms with Gasteiger partial charge in [0.15, 0.2) is 0 Å². The Balaban J connectivity index is 1.54. The summed E-state index contributed by atoms with van der Waals surface area (Å²) in [5, 5.41) is 10.8. The van der Waals surface area contributed by atoms with Gasteiger partial charge in [-0.3, -0.25) is 20.9 Å². The highest BCUT2D eigenvalue weighted by molar-refractivity contribution is 6.18. The second-order valence-electron chi connectivity index (χ2n) is 8.18. The largest absolute Gasteiger partial charge is 0.449 e. The SMILES string of the molecule is CC(C)N1C(=O)OCC2CNC(N[C@@H](C)C3CCC(CCl)CC3)NC21. The molecule has 3 unspecified atom stereocenters. The van der Waals surface area contributed by atoms with Gasteiger partial charge in [0.1, 0.15) is 12.9 Å². The van der Waals surface area contributed by atoms with Crippen LogP contribution in [0.4, 0.5) is 4.79 Å². The Morgan fingerprint density at radius 1 is 1.28 bits per heavy atom. The number of cyclic esters (lactones) is 1. The number of carbonyl (C=O) groups excluding carboxylic acids is 1. The number of halogens is 1. The average molecular weight is 373 g/mol. The standard InChI is InChI=1S/C18H33ClN4O2/c1-11(2)23-16-15(10-25-18(23)24)9-20-17(22-16)21-12(3)14-6-4-13(8-19)5-7-14/h11-17,20-22H,4-10H2,1-3H3/t12-,13?,14?,15?,16?,17?/m0/s1. The molecule has 0 bridgehead atoms. The van der Waals surface area contributed by atoms with Gasteiger partial charge >= 0.3 is 6.09 Å². The topological polar surface area (TPSA) is 65.6 Å². The monoisotopic (exact) mass is 372 g/mol. The van der Waals surface area contributed by atoms with E-state index in [1.807, 2.05) is 18.7 Å². The molecule has 1 amide bonds. The maximum absolute atomic E-state index is 12.1. The first-order valence-electron chi connectivity index (χ1n) is 9.76. The van der Waals surface area contributed by atoms with Gasteiger partial charge in [-0.05, 0) is 58.3 Å². The van der Waals surface area contributed by atoms with E-state index in [9.17, 15) is 4.79 Å². The lowest BCUT2D eigenvalue weighted by Gasteiger charge is -2.48. The number of hydrogen-bond donors (Lipinski definition) is 3. The van der Waals surface area contributed by atoms with E-state index < -0.39 is 0 Å². The number of hydrogen-bond acceptors (Lipinski definition) is 5. The zero-order valence-electron chi connectivity index (χ0n) is 15.6. The number of nitrogens with zero attached hydrogens (tertiary/aromatic N) is 1. The van der Waals surface area contributed by atoms with Gasteiger partial charge in [-0.15, -0.1) is 11.6 Å². The van der Waals surface area contributed by atoms with Gasteiger partial charge in [0.2, 0.25) is 0 Å². The molecule has 0 radical (unpaired) electrons. The second kappa shape index (κ2) is 8.42. The molecule has 3 N–H and O–H groups in total. The Morgan fingerprint density at radius 2 is 2.00 bits per heavy atom. The Labute approximate surface area is 156 Å². The molecular weight excluding hydrogens is 340 g/mol. The first kappa shape index (κ1) is 19.2. The maximum atomic E-state index is 12.1. The molecule has 1 aliphatic carbocycles. The molecule has 0 aromatic carbocycles. The van der Waals surface area contributed by atoms with Crippen molar-refractivity contribution < 1.29 is 9.53 Å². The fraction of sp³-hybridized carbons (Fsp3) is 0.944. The lowest BCUT2D eigenvalue weighted by Crippen LogP contribution is -2.73. The summed E-state index contributed by atoms with van der Waals surface area (Å²) in [5.41, 5.74) is 0. The van der Waals surface area contributed by atoms with E-state index in [0.29, 0.717) is 24.5 Å². The normalized spacial score (nSPS) is 37.6.